The Bertz CT molecular complexity index is 964. The Balaban J connectivity index is 1.51. The molecule has 1 aromatic heterocycles. The van der Waals surface area contributed by atoms with Gasteiger partial charge in [-0.2, -0.15) is 0 Å². The zero-order chi connectivity index (χ0) is 20.8. The number of nitrogens with zero attached hydrogens (tertiary/aromatic N) is 3. The van der Waals surface area contributed by atoms with Crippen molar-refractivity contribution in [1.29, 1.82) is 0 Å². The lowest BCUT2D eigenvalue weighted by Gasteiger charge is -2.14. The second kappa shape index (κ2) is 9.76. The molecule has 0 bridgehead atoms. The highest BCUT2D eigenvalue weighted by Crippen LogP contribution is 2.23. The van der Waals surface area contributed by atoms with Crippen molar-refractivity contribution >= 4 is 29.3 Å². The van der Waals surface area contributed by atoms with Gasteiger partial charge in [0.05, 0.1) is 5.75 Å². The van der Waals surface area contributed by atoms with Crippen molar-refractivity contribution in [3.63, 3.8) is 0 Å². The number of carbonyl (C=O) groups is 1. The first kappa shape index (κ1) is 21.1. The number of benzene rings is 2. The van der Waals surface area contributed by atoms with Gasteiger partial charge >= 0.3 is 0 Å². The van der Waals surface area contributed by atoms with E-state index in [4.69, 9.17) is 16.3 Å². The predicted molar refractivity (Wildman–Crippen MR) is 110 cm³/mol. The first-order valence-corrected chi connectivity index (χ1v) is 10.2. The van der Waals surface area contributed by atoms with Crippen LogP contribution in [0.25, 0.3) is 0 Å². The molecule has 0 aliphatic carbocycles. The fourth-order valence-electron chi connectivity index (χ4n) is 2.56. The van der Waals surface area contributed by atoms with Crippen molar-refractivity contribution in [3.8, 4) is 5.75 Å². The summed E-state index contributed by atoms with van der Waals surface area (Å²) in [6.07, 6.45) is -0.383. The Hall–Kier alpha value is -2.58. The highest BCUT2D eigenvalue weighted by atomic mass is 35.5. The number of ether oxygens (including phenoxy) is 1. The van der Waals surface area contributed by atoms with Crippen LogP contribution in [0.2, 0.25) is 5.02 Å². The first-order valence-electron chi connectivity index (χ1n) is 8.88. The van der Waals surface area contributed by atoms with Crippen LogP contribution in [0, 0.1) is 5.82 Å². The number of halogens is 2. The van der Waals surface area contributed by atoms with Gasteiger partial charge in [-0.15, -0.1) is 10.2 Å². The molecule has 1 atom stereocenters. The molecule has 0 radical (unpaired) electrons. The summed E-state index contributed by atoms with van der Waals surface area (Å²) in [4.78, 5) is 12.1. The van der Waals surface area contributed by atoms with Crippen molar-refractivity contribution in [2.45, 2.75) is 24.7 Å². The molecule has 3 rings (SSSR count). The molecule has 0 aliphatic rings. The molecule has 1 heterocycles. The highest BCUT2D eigenvalue weighted by molar-refractivity contribution is 7.99. The lowest BCUT2D eigenvalue weighted by Crippen LogP contribution is -2.24. The predicted octanol–water partition coefficient (Wildman–Crippen LogP) is 4.16. The topological polar surface area (TPSA) is 69.0 Å². The highest BCUT2D eigenvalue weighted by Gasteiger charge is 2.18. The molecular formula is C20H20ClFN4O2S. The summed E-state index contributed by atoms with van der Waals surface area (Å²) in [5, 5.41) is 12.4. The van der Waals surface area contributed by atoms with Crippen LogP contribution < -0.4 is 10.1 Å². The van der Waals surface area contributed by atoms with Crippen LogP contribution in [-0.4, -0.2) is 26.4 Å². The minimum absolute atomic E-state index is 0.106. The van der Waals surface area contributed by atoms with Gasteiger partial charge in [-0.1, -0.05) is 35.5 Å². The molecular weight excluding hydrogens is 415 g/mol. The van der Waals surface area contributed by atoms with Gasteiger partial charge in [0.25, 0.3) is 0 Å². The number of carbonyl (C=O) groups excluding carboxylic acids is 1. The average Bonchev–Trinajstić information content (AvgIpc) is 3.08. The molecule has 29 heavy (non-hydrogen) atoms. The molecule has 0 saturated heterocycles. The molecule has 0 saturated carbocycles. The van der Waals surface area contributed by atoms with Crippen molar-refractivity contribution in [2.24, 2.45) is 7.05 Å². The van der Waals surface area contributed by atoms with Gasteiger partial charge in [-0.25, -0.2) is 4.39 Å². The molecule has 9 heteroatoms. The fourth-order valence-corrected chi connectivity index (χ4v) is 3.43. The third-order valence-electron chi connectivity index (χ3n) is 4.09. The third-order valence-corrected chi connectivity index (χ3v) is 5.37. The second-order valence-electron chi connectivity index (χ2n) is 6.31. The van der Waals surface area contributed by atoms with Crippen molar-refractivity contribution in [1.82, 2.24) is 20.1 Å². The van der Waals surface area contributed by atoms with E-state index in [1.165, 1.54) is 23.9 Å². The maximum absolute atomic E-state index is 13.0. The van der Waals surface area contributed by atoms with E-state index in [1.807, 2.05) is 26.1 Å². The van der Waals surface area contributed by atoms with E-state index in [0.717, 1.165) is 5.56 Å². The molecule has 2 aromatic carbocycles. The standard InChI is InChI=1S/C20H20ClFN4O2S/c1-13(28-17-9-7-16(22)8-10-17)19-24-25-20(26(19)2)29-12-18(27)23-11-14-3-5-15(21)6-4-14/h3-10,13H,11-12H2,1-2H3,(H,23,27). The molecule has 0 fully saturated rings. The van der Waals surface area contributed by atoms with Gasteiger partial charge in [0.15, 0.2) is 17.1 Å². The quantitative estimate of drug-likeness (QED) is 0.539. The SMILES string of the molecule is CC(Oc1ccc(F)cc1)c1nnc(SCC(=O)NCc2ccc(Cl)cc2)n1C. The van der Waals surface area contributed by atoms with E-state index in [2.05, 4.69) is 15.5 Å². The number of rotatable bonds is 8. The van der Waals surface area contributed by atoms with Crippen LogP contribution in [0.1, 0.15) is 24.4 Å². The van der Waals surface area contributed by atoms with Gasteiger partial charge in [-0.05, 0) is 48.9 Å². The summed E-state index contributed by atoms with van der Waals surface area (Å²) in [6.45, 7) is 2.27. The van der Waals surface area contributed by atoms with Crippen LogP contribution in [-0.2, 0) is 18.4 Å². The summed E-state index contributed by atoms with van der Waals surface area (Å²) in [5.74, 6) is 0.935. The Morgan fingerprint density at radius 2 is 1.90 bits per heavy atom. The van der Waals surface area contributed by atoms with Gasteiger partial charge in [0.1, 0.15) is 11.6 Å². The number of nitrogens with one attached hydrogen (secondary N) is 1. The number of hydrogen-bond donors (Lipinski definition) is 1. The largest absolute Gasteiger partial charge is 0.483 e. The number of amides is 1. The lowest BCUT2D eigenvalue weighted by molar-refractivity contribution is -0.118. The van der Waals surface area contributed by atoms with Crippen LogP contribution in [0.5, 0.6) is 5.75 Å². The maximum Gasteiger partial charge on any atom is 0.230 e. The second-order valence-corrected chi connectivity index (χ2v) is 7.68. The van der Waals surface area contributed by atoms with Crippen molar-refractivity contribution in [3.05, 3.63) is 70.8 Å². The van der Waals surface area contributed by atoms with Crippen LogP contribution in [0.3, 0.4) is 0 Å². The number of hydrogen-bond acceptors (Lipinski definition) is 5. The molecule has 1 unspecified atom stereocenters. The Morgan fingerprint density at radius 1 is 1.21 bits per heavy atom. The molecule has 3 aromatic rings. The summed E-state index contributed by atoms with van der Waals surface area (Å²) in [6, 6.07) is 13.1. The Kier molecular flexibility index (Phi) is 7.11. The fraction of sp³-hybridized carbons (Fsp3) is 0.250. The smallest absolute Gasteiger partial charge is 0.230 e. The zero-order valence-corrected chi connectivity index (χ0v) is 17.5. The molecule has 1 amide bonds. The van der Waals surface area contributed by atoms with E-state index in [1.54, 1.807) is 28.8 Å². The summed E-state index contributed by atoms with van der Waals surface area (Å²) >= 11 is 7.14. The van der Waals surface area contributed by atoms with Crippen LogP contribution in [0.4, 0.5) is 4.39 Å². The molecule has 152 valence electrons. The van der Waals surface area contributed by atoms with Crippen molar-refractivity contribution in [2.75, 3.05) is 5.75 Å². The minimum atomic E-state index is -0.383. The first-order chi connectivity index (χ1) is 13.9. The monoisotopic (exact) mass is 434 g/mol. The van der Waals surface area contributed by atoms with Gasteiger partial charge in [0, 0.05) is 18.6 Å². The molecule has 0 aliphatic heterocycles. The van der Waals surface area contributed by atoms with E-state index in [0.29, 0.717) is 28.3 Å². The summed E-state index contributed by atoms with van der Waals surface area (Å²) in [5.41, 5.74) is 0.973. The van der Waals surface area contributed by atoms with E-state index in [-0.39, 0.29) is 23.6 Å². The number of thioether (sulfide) groups is 1. The summed E-state index contributed by atoms with van der Waals surface area (Å²) < 4.78 is 20.6. The molecule has 1 N–H and O–H groups in total. The minimum Gasteiger partial charge on any atom is -0.483 e. The van der Waals surface area contributed by atoms with Crippen LogP contribution in [0.15, 0.2) is 53.7 Å². The van der Waals surface area contributed by atoms with E-state index in [9.17, 15) is 9.18 Å². The van der Waals surface area contributed by atoms with E-state index >= 15 is 0 Å². The van der Waals surface area contributed by atoms with Gasteiger partial charge in [0.2, 0.25) is 5.91 Å². The van der Waals surface area contributed by atoms with E-state index < -0.39 is 0 Å². The van der Waals surface area contributed by atoms with Crippen molar-refractivity contribution < 1.29 is 13.9 Å². The lowest BCUT2D eigenvalue weighted by atomic mass is 10.2. The van der Waals surface area contributed by atoms with Crippen LogP contribution >= 0.6 is 23.4 Å². The molecule has 6 nitrogen and oxygen atoms in total. The summed E-state index contributed by atoms with van der Waals surface area (Å²) in [7, 11) is 1.81. The average molecular weight is 435 g/mol. The normalized spacial score (nSPS) is 11.9. The van der Waals surface area contributed by atoms with Gasteiger partial charge in [-0.3, -0.25) is 4.79 Å². The number of aromatic nitrogens is 3. The van der Waals surface area contributed by atoms with Gasteiger partial charge < -0.3 is 14.6 Å². The Labute approximate surface area is 177 Å². The zero-order valence-electron chi connectivity index (χ0n) is 15.9. The maximum atomic E-state index is 13.0. The Morgan fingerprint density at radius 3 is 2.59 bits per heavy atom. The third kappa shape index (κ3) is 5.95. The molecule has 0 spiro atoms.